The SMILES string of the molecule is CC(C)(C)OC(=O)N[C@@H](COCc1ccccc1)C(=O)N/N=C\c1ccc(Sc2nc3ccc(NC(=O)c4ccccc4Cl)cc3s2)c([N+](=O)[O-])c1. The van der Waals surface area contributed by atoms with Crippen molar-refractivity contribution in [2.75, 3.05) is 11.9 Å². The zero-order valence-electron chi connectivity index (χ0n) is 28.1. The molecular weight excluding hydrogens is 728 g/mol. The average Bonchev–Trinajstić information content (AvgIpc) is 3.49. The van der Waals surface area contributed by atoms with Crippen molar-refractivity contribution in [3.05, 3.63) is 123 Å². The standard InChI is InChI=1S/C36H33ClN6O7S2/c1-36(2,3)50-34(46)40-28(21-49-20-22-9-5-4-6-10-22)33(45)42-38-19-23-13-16-30(29(17-23)43(47)48)51-35-41-27-15-14-24(18-31(27)52-35)39-32(44)25-11-7-8-12-26(25)37/h4-19,28H,20-21H2,1-3H3,(H,39,44)(H,40,46)(H,42,45)/b38-19-/t28-/m0/s1. The van der Waals surface area contributed by atoms with Crippen LogP contribution in [0.5, 0.6) is 0 Å². The van der Waals surface area contributed by atoms with E-state index >= 15 is 0 Å². The van der Waals surface area contributed by atoms with Crippen LogP contribution >= 0.6 is 34.7 Å². The zero-order valence-corrected chi connectivity index (χ0v) is 30.5. The fourth-order valence-electron chi connectivity index (χ4n) is 4.56. The van der Waals surface area contributed by atoms with Crippen molar-refractivity contribution < 1.29 is 28.8 Å². The molecule has 5 aromatic rings. The van der Waals surface area contributed by atoms with E-state index in [1.165, 1.54) is 23.6 Å². The molecule has 0 fully saturated rings. The van der Waals surface area contributed by atoms with Gasteiger partial charge in [-0.2, -0.15) is 5.10 Å². The molecule has 1 atom stereocenters. The van der Waals surface area contributed by atoms with Gasteiger partial charge in [0.15, 0.2) is 4.34 Å². The molecule has 0 aliphatic carbocycles. The van der Waals surface area contributed by atoms with E-state index < -0.39 is 28.6 Å². The smallest absolute Gasteiger partial charge is 0.408 e. The molecule has 5 rings (SSSR count). The molecule has 1 heterocycles. The Labute approximate surface area is 311 Å². The maximum absolute atomic E-state index is 13.0. The molecule has 0 spiro atoms. The summed E-state index contributed by atoms with van der Waals surface area (Å²) in [6.07, 6.45) is 0.447. The van der Waals surface area contributed by atoms with Crippen molar-refractivity contribution in [1.29, 1.82) is 0 Å². The molecule has 13 nitrogen and oxygen atoms in total. The highest BCUT2D eigenvalue weighted by atomic mass is 35.5. The Morgan fingerprint density at radius 1 is 1.04 bits per heavy atom. The van der Waals surface area contributed by atoms with E-state index in [2.05, 4.69) is 26.1 Å². The largest absolute Gasteiger partial charge is 0.444 e. The van der Waals surface area contributed by atoms with Crippen LogP contribution in [0.3, 0.4) is 0 Å². The lowest BCUT2D eigenvalue weighted by Gasteiger charge is -2.22. The first-order valence-electron chi connectivity index (χ1n) is 15.7. The number of alkyl carbamates (subject to hydrolysis) is 1. The number of aromatic nitrogens is 1. The number of benzene rings is 4. The Kier molecular flexibility index (Phi) is 12.6. The highest BCUT2D eigenvalue weighted by Crippen LogP contribution is 2.39. The minimum Gasteiger partial charge on any atom is -0.444 e. The molecule has 3 amide bonds. The van der Waals surface area contributed by atoms with E-state index in [4.69, 9.17) is 21.1 Å². The second kappa shape index (κ2) is 17.2. The molecule has 0 saturated heterocycles. The first kappa shape index (κ1) is 37.9. The van der Waals surface area contributed by atoms with Gasteiger partial charge in [-0.25, -0.2) is 15.2 Å². The lowest BCUT2D eigenvalue weighted by atomic mass is 10.2. The van der Waals surface area contributed by atoms with Gasteiger partial charge in [0.2, 0.25) is 0 Å². The number of halogens is 1. The molecule has 0 aliphatic rings. The first-order chi connectivity index (χ1) is 24.8. The van der Waals surface area contributed by atoms with E-state index in [0.717, 1.165) is 22.0 Å². The topological polar surface area (TPSA) is 174 Å². The van der Waals surface area contributed by atoms with Crippen LogP contribution < -0.4 is 16.1 Å². The summed E-state index contributed by atoms with van der Waals surface area (Å²) in [6, 6.07) is 24.7. The van der Waals surface area contributed by atoms with Gasteiger partial charge in [-0.05, 0) is 62.7 Å². The second-order valence-electron chi connectivity index (χ2n) is 12.1. The van der Waals surface area contributed by atoms with Crippen LogP contribution in [0.4, 0.5) is 16.2 Å². The minimum atomic E-state index is -1.15. The number of nitrogens with zero attached hydrogens (tertiary/aromatic N) is 3. The molecule has 0 saturated carbocycles. The van der Waals surface area contributed by atoms with Crippen LogP contribution in [0.1, 0.15) is 42.3 Å². The van der Waals surface area contributed by atoms with Crippen LogP contribution in [0, 0.1) is 10.1 Å². The molecule has 4 aromatic carbocycles. The number of nitro groups is 1. The number of amides is 3. The second-order valence-corrected chi connectivity index (χ2v) is 14.8. The molecule has 52 heavy (non-hydrogen) atoms. The van der Waals surface area contributed by atoms with Gasteiger partial charge in [-0.1, -0.05) is 71.9 Å². The van der Waals surface area contributed by atoms with Gasteiger partial charge in [0.25, 0.3) is 17.5 Å². The van der Waals surface area contributed by atoms with Crippen molar-refractivity contribution in [3.63, 3.8) is 0 Å². The van der Waals surface area contributed by atoms with Crippen molar-refractivity contribution >= 4 is 80.4 Å². The quantitative estimate of drug-likeness (QED) is 0.0614. The fraction of sp³-hybridized carbons (Fsp3) is 0.194. The van der Waals surface area contributed by atoms with Gasteiger partial charge in [0, 0.05) is 17.3 Å². The van der Waals surface area contributed by atoms with Gasteiger partial charge >= 0.3 is 6.09 Å². The predicted octanol–water partition coefficient (Wildman–Crippen LogP) is 7.82. The highest BCUT2D eigenvalue weighted by Gasteiger charge is 2.25. The Hall–Kier alpha value is -5.35. The molecule has 0 unspecified atom stereocenters. The van der Waals surface area contributed by atoms with Crippen LogP contribution in [0.15, 0.2) is 105 Å². The van der Waals surface area contributed by atoms with Crippen LogP contribution in [-0.2, 0) is 20.9 Å². The van der Waals surface area contributed by atoms with Gasteiger partial charge in [-0.3, -0.25) is 19.7 Å². The molecule has 0 aliphatic heterocycles. The number of anilines is 1. The van der Waals surface area contributed by atoms with Crippen molar-refractivity contribution in [2.24, 2.45) is 5.10 Å². The Morgan fingerprint density at radius 3 is 2.52 bits per heavy atom. The predicted molar refractivity (Wildman–Crippen MR) is 201 cm³/mol. The monoisotopic (exact) mass is 760 g/mol. The lowest BCUT2D eigenvalue weighted by Crippen LogP contribution is -2.49. The molecule has 16 heteroatoms. The summed E-state index contributed by atoms with van der Waals surface area (Å²) in [4.78, 5) is 54.6. The van der Waals surface area contributed by atoms with Crippen molar-refractivity contribution in [3.8, 4) is 0 Å². The van der Waals surface area contributed by atoms with Gasteiger partial charge in [0.1, 0.15) is 11.6 Å². The summed E-state index contributed by atoms with van der Waals surface area (Å²) in [5, 5.41) is 21.7. The Balaban J connectivity index is 1.24. The lowest BCUT2D eigenvalue weighted by molar-refractivity contribution is -0.387. The number of nitrogens with one attached hydrogen (secondary N) is 3. The number of fused-ring (bicyclic) bond motifs is 1. The maximum atomic E-state index is 13.0. The van der Waals surface area contributed by atoms with Crippen LogP contribution in [0.2, 0.25) is 5.02 Å². The summed E-state index contributed by atoms with van der Waals surface area (Å²) in [5.41, 5.74) is 4.16. The number of hydrogen-bond donors (Lipinski definition) is 3. The van der Waals surface area contributed by atoms with Crippen LogP contribution in [0.25, 0.3) is 10.2 Å². The normalized spacial score (nSPS) is 12.0. The number of rotatable bonds is 13. The third-order valence-corrected chi connectivity index (χ3v) is 9.39. The van der Waals surface area contributed by atoms with Crippen molar-refractivity contribution in [2.45, 2.75) is 48.3 Å². The molecule has 0 radical (unpaired) electrons. The van der Waals surface area contributed by atoms with Gasteiger partial charge in [-0.15, -0.1) is 11.3 Å². The fourth-order valence-corrected chi connectivity index (χ4v) is 6.93. The van der Waals surface area contributed by atoms with E-state index in [-0.39, 0.29) is 24.8 Å². The number of ether oxygens (including phenoxy) is 2. The summed E-state index contributed by atoms with van der Waals surface area (Å²) < 4.78 is 12.3. The number of thiazole rings is 1. The molecule has 268 valence electrons. The summed E-state index contributed by atoms with van der Waals surface area (Å²) >= 11 is 8.59. The number of carbonyl (C=O) groups is 3. The van der Waals surface area contributed by atoms with Gasteiger partial charge < -0.3 is 20.1 Å². The average molecular weight is 761 g/mol. The number of carbonyl (C=O) groups excluding carboxylic acids is 3. The molecule has 1 aromatic heterocycles. The summed E-state index contributed by atoms with van der Waals surface area (Å²) in [5.74, 6) is -1.03. The number of nitro benzene ring substituents is 1. The molecule has 3 N–H and O–H groups in total. The van der Waals surface area contributed by atoms with Crippen LogP contribution in [-0.4, -0.2) is 52.3 Å². The number of hydrogen-bond acceptors (Lipinski definition) is 11. The summed E-state index contributed by atoms with van der Waals surface area (Å²) in [6.45, 7) is 5.13. The highest BCUT2D eigenvalue weighted by molar-refractivity contribution is 8.01. The minimum absolute atomic E-state index is 0.169. The van der Waals surface area contributed by atoms with Gasteiger partial charge in [0.05, 0.1) is 50.0 Å². The van der Waals surface area contributed by atoms with Crippen molar-refractivity contribution in [1.82, 2.24) is 15.7 Å². The van der Waals surface area contributed by atoms with E-state index in [0.29, 0.717) is 36.6 Å². The zero-order chi connectivity index (χ0) is 37.3. The number of hydrazone groups is 1. The van der Waals surface area contributed by atoms with E-state index in [1.54, 1.807) is 75.4 Å². The Bertz CT molecular complexity index is 2120. The first-order valence-corrected chi connectivity index (χ1v) is 17.7. The van der Waals surface area contributed by atoms with E-state index in [1.807, 2.05) is 30.3 Å². The van der Waals surface area contributed by atoms with E-state index in [9.17, 15) is 24.5 Å². The third-order valence-electron chi connectivity index (χ3n) is 6.91. The molecular formula is C36H33ClN6O7S2. The molecule has 0 bridgehead atoms. The maximum Gasteiger partial charge on any atom is 0.408 e. The third kappa shape index (κ3) is 10.8. The summed E-state index contributed by atoms with van der Waals surface area (Å²) in [7, 11) is 0. The Morgan fingerprint density at radius 2 is 1.79 bits per heavy atom.